The van der Waals surface area contributed by atoms with Gasteiger partial charge < -0.3 is 10.1 Å². The zero-order valence-electron chi connectivity index (χ0n) is 16.8. The molecule has 30 heavy (non-hydrogen) atoms. The number of anilines is 2. The molecule has 0 saturated carbocycles. The van der Waals surface area contributed by atoms with Crippen molar-refractivity contribution in [3.63, 3.8) is 0 Å². The zero-order valence-corrected chi connectivity index (χ0v) is 17.7. The minimum atomic E-state index is -3.84. The fraction of sp³-hybridized carbons (Fsp3) is 0.400. The molecule has 0 atom stereocenters. The van der Waals surface area contributed by atoms with Crippen molar-refractivity contribution in [2.75, 3.05) is 44.7 Å². The highest BCUT2D eigenvalue weighted by atomic mass is 32.2. The van der Waals surface area contributed by atoms with Crippen LogP contribution in [0.4, 0.5) is 17.1 Å². The van der Waals surface area contributed by atoms with Crippen molar-refractivity contribution in [2.45, 2.75) is 18.2 Å². The van der Waals surface area contributed by atoms with Crippen molar-refractivity contribution in [2.24, 2.45) is 0 Å². The molecule has 1 aliphatic heterocycles. The van der Waals surface area contributed by atoms with Crippen LogP contribution in [0.3, 0.4) is 0 Å². The van der Waals surface area contributed by atoms with Crippen LogP contribution in [0, 0.1) is 17.0 Å². The molecule has 0 spiro atoms. The molecule has 0 radical (unpaired) electrons. The van der Waals surface area contributed by atoms with E-state index in [1.807, 2.05) is 19.1 Å². The number of hydrogen-bond donors (Lipinski definition) is 2. The third-order valence-electron chi connectivity index (χ3n) is 4.85. The van der Waals surface area contributed by atoms with Crippen LogP contribution in [0.15, 0.2) is 47.4 Å². The Balaban J connectivity index is 1.66. The number of nitro groups is 1. The number of benzene rings is 2. The van der Waals surface area contributed by atoms with Crippen LogP contribution in [0.5, 0.6) is 0 Å². The number of hydrogen-bond acceptors (Lipinski definition) is 7. The Morgan fingerprint density at radius 1 is 1.13 bits per heavy atom. The van der Waals surface area contributed by atoms with Gasteiger partial charge in [0.1, 0.15) is 5.69 Å². The number of nitrogens with zero attached hydrogens (tertiary/aromatic N) is 2. The predicted octanol–water partition coefficient (Wildman–Crippen LogP) is 2.65. The van der Waals surface area contributed by atoms with E-state index in [-0.39, 0.29) is 22.8 Å². The van der Waals surface area contributed by atoms with Crippen molar-refractivity contribution in [3.05, 3.63) is 58.1 Å². The fourth-order valence-electron chi connectivity index (χ4n) is 3.15. The fourth-order valence-corrected chi connectivity index (χ4v) is 4.24. The highest BCUT2D eigenvalue weighted by molar-refractivity contribution is 7.89. The van der Waals surface area contributed by atoms with Crippen molar-refractivity contribution < 1.29 is 18.1 Å². The highest BCUT2D eigenvalue weighted by Gasteiger charge is 2.21. The second kappa shape index (κ2) is 9.98. The molecule has 0 amide bonds. The van der Waals surface area contributed by atoms with Gasteiger partial charge in [0.2, 0.25) is 10.0 Å². The van der Waals surface area contributed by atoms with E-state index in [2.05, 4.69) is 14.9 Å². The monoisotopic (exact) mass is 434 g/mol. The van der Waals surface area contributed by atoms with Gasteiger partial charge in [0, 0.05) is 31.4 Å². The summed E-state index contributed by atoms with van der Waals surface area (Å²) < 4.78 is 33.0. The van der Waals surface area contributed by atoms with Crippen LogP contribution in [0.25, 0.3) is 0 Å². The van der Waals surface area contributed by atoms with Gasteiger partial charge in [0.05, 0.1) is 23.0 Å². The lowest BCUT2D eigenvalue weighted by Gasteiger charge is -2.26. The Hall–Kier alpha value is -2.53. The molecular weight excluding hydrogens is 408 g/mol. The van der Waals surface area contributed by atoms with E-state index in [9.17, 15) is 18.5 Å². The normalized spacial score (nSPS) is 15.1. The third-order valence-corrected chi connectivity index (χ3v) is 6.31. The van der Waals surface area contributed by atoms with Gasteiger partial charge in [0.15, 0.2) is 0 Å². The maximum atomic E-state index is 12.6. The standard InChI is InChI=1S/C20H26N4O5S/c1-16-3-5-17(6-4-16)22-19-8-7-18(15-20(19)24(25)26)30(27,28)21-9-2-10-23-11-13-29-14-12-23/h3-8,15,21-22H,2,9-14H2,1H3. The van der Waals surface area contributed by atoms with Gasteiger partial charge in [-0.15, -0.1) is 0 Å². The van der Waals surface area contributed by atoms with Gasteiger partial charge in [-0.1, -0.05) is 17.7 Å². The first-order chi connectivity index (χ1) is 14.3. The predicted molar refractivity (Wildman–Crippen MR) is 115 cm³/mol. The Bertz CT molecular complexity index is 973. The van der Waals surface area contributed by atoms with Crippen LogP contribution < -0.4 is 10.0 Å². The molecule has 162 valence electrons. The smallest absolute Gasteiger partial charge is 0.294 e. The second-order valence-corrected chi connectivity index (χ2v) is 8.90. The Morgan fingerprint density at radius 2 is 1.83 bits per heavy atom. The van der Waals surface area contributed by atoms with Gasteiger partial charge in [-0.2, -0.15) is 0 Å². The van der Waals surface area contributed by atoms with Crippen molar-refractivity contribution in [3.8, 4) is 0 Å². The summed E-state index contributed by atoms with van der Waals surface area (Å²) >= 11 is 0. The van der Waals surface area contributed by atoms with E-state index in [0.29, 0.717) is 25.3 Å². The number of ether oxygens (including phenoxy) is 1. The molecule has 2 aromatic rings. The van der Waals surface area contributed by atoms with E-state index in [4.69, 9.17) is 4.74 Å². The van der Waals surface area contributed by atoms with Crippen molar-refractivity contribution in [1.29, 1.82) is 0 Å². The maximum absolute atomic E-state index is 12.6. The average Bonchev–Trinajstić information content (AvgIpc) is 2.73. The number of morpholine rings is 1. The molecule has 0 bridgehead atoms. The van der Waals surface area contributed by atoms with Gasteiger partial charge in [-0.25, -0.2) is 13.1 Å². The molecule has 3 rings (SSSR count). The summed E-state index contributed by atoms with van der Waals surface area (Å²) in [4.78, 5) is 13.0. The number of nitro benzene ring substituents is 1. The van der Waals surface area contributed by atoms with Crippen LogP contribution in [0.2, 0.25) is 0 Å². The highest BCUT2D eigenvalue weighted by Crippen LogP contribution is 2.30. The van der Waals surface area contributed by atoms with E-state index in [0.717, 1.165) is 31.3 Å². The molecule has 0 aliphatic carbocycles. The summed E-state index contributed by atoms with van der Waals surface area (Å²) in [5, 5.41) is 14.5. The number of aryl methyl sites for hydroxylation is 1. The molecule has 1 fully saturated rings. The van der Waals surface area contributed by atoms with E-state index < -0.39 is 14.9 Å². The van der Waals surface area contributed by atoms with Gasteiger partial charge in [-0.05, 0) is 44.2 Å². The first-order valence-electron chi connectivity index (χ1n) is 9.77. The van der Waals surface area contributed by atoms with E-state index >= 15 is 0 Å². The molecule has 0 unspecified atom stereocenters. The number of nitrogens with one attached hydrogen (secondary N) is 2. The molecule has 1 heterocycles. The van der Waals surface area contributed by atoms with Crippen LogP contribution in [-0.2, 0) is 14.8 Å². The van der Waals surface area contributed by atoms with Crippen molar-refractivity contribution in [1.82, 2.24) is 9.62 Å². The van der Waals surface area contributed by atoms with Gasteiger partial charge >= 0.3 is 0 Å². The summed E-state index contributed by atoms with van der Waals surface area (Å²) in [5.41, 5.74) is 1.68. The lowest BCUT2D eigenvalue weighted by Crippen LogP contribution is -2.38. The zero-order chi connectivity index (χ0) is 21.6. The van der Waals surface area contributed by atoms with E-state index in [1.54, 1.807) is 12.1 Å². The molecule has 1 saturated heterocycles. The average molecular weight is 435 g/mol. The summed E-state index contributed by atoms with van der Waals surface area (Å²) in [7, 11) is -3.84. The first kappa shape index (κ1) is 22.2. The van der Waals surface area contributed by atoms with Crippen LogP contribution in [-0.4, -0.2) is 57.6 Å². The summed E-state index contributed by atoms with van der Waals surface area (Å²) in [5.74, 6) is 0. The van der Waals surface area contributed by atoms with Crippen molar-refractivity contribution >= 4 is 27.1 Å². The maximum Gasteiger partial charge on any atom is 0.294 e. The Labute approximate surface area is 176 Å². The summed E-state index contributed by atoms with van der Waals surface area (Å²) in [6, 6.07) is 11.2. The third kappa shape index (κ3) is 5.99. The molecule has 9 nitrogen and oxygen atoms in total. The van der Waals surface area contributed by atoms with Gasteiger partial charge in [0.25, 0.3) is 5.69 Å². The minimum Gasteiger partial charge on any atom is -0.379 e. The topological polar surface area (TPSA) is 114 Å². The Morgan fingerprint density at radius 3 is 2.50 bits per heavy atom. The first-order valence-corrected chi connectivity index (χ1v) is 11.3. The van der Waals surface area contributed by atoms with Crippen LogP contribution >= 0.6 is 0 Å². The molecular formula is C20H26N4O5S. The SMILES string of the molecule is Cc1ccc(Nc2ccc(S(=O)(=O)NCCCN3CCOCC3)cc2[N+](=O)[O-])cc1. The largest absolute Gasteiger partial charge is 0.379 e. The quantitative estimate of drug-likeness (QED) is 0.354. The second-order valence-electron chi connectivity index (χ2n) is 7.13. The lowest BCUT2D eigenvalue weighted by molar-refractivity contribution is -0.384. The van der Waals surface area contributed by atoms with Gasteiger partial charge in [-0.3, -0.25) is 15.0 Å². The van der Waals surface area contributed by atoms with E-state index in [1.165, 1.54) is 12.1 Å². The summed E-state index contributed by atoms with van der Waals surface area (Å²) in [6.45, 7) is 6.04. The Kier molecular flexibility index (Phi) is 7.38. The number of rotatable bonds is 9. The molecule has 0 aromatic heterocycles. The summed E-state index contributed by atoms with van der Waals surface area (Å²) in [6.07, 6.45) is 0.647. The molecule has 2 N–H and O–H groups in total. The minimum absolute atomic E-state index is 0.130. The molecule has 1 aliphatic rings. The lowest BCUT2D eigenvalue weighted by atomic mass is 10.2. The molecule has 10 heteroatoms. The molecule has 2 aromatic carbocycles. The number of sulfonamides is 1. The van der Waals surface area contributed by atoms with Crippen LogP contribution in [0.1, 0.15) is 12.0 Å².